The molecule has 13 heavy (non-hydrogen) atoms. The SMILES string of the molecule is CC(CO)NC(C)c1cccnc1. The summed E-state index contributed by atoms with van der Waals surface area (Å²) in [5.41, 5.74) is 1.14. The van der Waals surface area contributed by atoms with Gasteiger partial charge >= 0.3 is 0 Å². The molecule has 0 saturated heterocycles. The lowest BCUT2D eigenvalue weighted by atomic mass is 10.1. The minimum Gasteiger partial charge on any atom is -0.395 e. The average Bonchev–Trinajstić information content (AvgIpc) is 2.19. The third-order valence-electron chi connectivity index (χ3n) is 1.99. The zero-order chi connectivity index (χ0) is 9.68. The Labute approximate surface area is 78.8 Å². The van der Waals surface area contributed by atoms with Crippen LogP contribution in [-0.4, -0.2) is 22.7 Å². The van der Waals surface area contributed by atoms with Crippen LogP contribution in [0.1, 0.15) is 25.5 Å². The van der Waals surface area contributed by atoms with Crippen molar-refractivity contribution in [3.8, 4) is 0 Å². The highest BCUT2D eigenvalue weighted by Gasteiger charge is 2.07. The van der Waals surface area contributed by atoms with E-state index in [9.17, 15) is 0 Å². The third kappa shape index (κ3) is 3.13. The highest BCUT2D eigenvalue weighted by molar-refractivity contribution is 5.12. The predicted molar refractivity (Wildman–Crippen MR) is 52.3 cm³/mol. The summed E-state index contributed by atoms with van der Waals surface area (Å²) in [5.74, 6) is 0. The van der Waals surface area contributed by atoms with Crippen LogP contribution in [0.4, 0.5) is 0 Å². The van der Waals surface area contributed by atoms with Crippen LogP contribution in [0.25, 0.3) is 0 Å². The Hall–Kier alpha value is -0.930. The van der Waals surface area contributed by atoms with Crippen molar-refractivity contribution in [2.45, 2.75) is 25.9 Å². The number of nitrogens with one attached hydrogen (secondary N) is 1. The Balaban J connectivity index is 2.53. The number of aromatic nitrogens is 1. The number of hydrogen-bond donors (Lipinski definition) is 2. The van der Waals surface area contributed by atoms with Crippen molar-refractivity contribution in [3.05, 3.63) is 30.1 Å². The molecule has 2 N–H and O–H groups in total. The minimum absolute atomic E-state index is 0.121. The number of aliphatic hydroxyl groups is 1. The Morgan fingerprint density at radius 3 is 2.85 bits per heavy atom. The Morgan fingerprint density at radius 2 is 2.31 bits per heavy atom. The van der Waals surface area contributed by atoms with Gasteiger partial charge in [-0.05, 0) is 25.5 Å². The second-order valence-electron chi connectivity index (χ2n) is 3.26. The van der Waals surface area contributed by atoms with E-state index in [-0.39, 0.29) is 18.7 Å². The topological polar surface area (TPSA) is 45.1 Å². The van der Waals surface area contributed by atoms with E-state index in [4.69, 9.17) is 5.11 Å². The molecule has 0 spiro atoms. The first-order valence-corrected chi connectivity index (χ1v) is 4.51. The van der Waals surface area contributed by atoms with Gasteiger partial charge in [-0.25, -0.2) is 0 Å². The maximum absolute atomic E-state index is 8.85. The van der Waals surface area contributed by atoms with Gasteiger partial charge in [0.05, 0.1) is 6.61 Å². The van der Waals surface area contributed by atoms with Gasteiger partial charge in [0.1, 0.15) is 0 Å². The molecule has 1 aromatic rings. The fourth-order valence-corrected chi connectivity index (χ4v) is 1.21. The molecule has 0 amide bonds. The molecule has 1 heterocycles. The van der Waals surface area contributed by atoms with Crippen molar-refractivity contribution in [3.63, 3.8) is 0 Å². The minimum atomic E-state index is 0.121. The smallest absolute Gasteiger partial charge is 0.0582 e. The van der Waals surface area contributed by atoms with E-state index >= 15 is 0 Å². The van der Waals surface area contributed by atoms with E-state index in [1.807, 2.05) is 25.3 Å². The molecule has 0 aromatic carbocycles. The van der Waals surface area contributed by atoms with Crippen LogP contribution in [0, 0.1) is 0 Å². The maximum atomic E-state index is 8.85. The van der Waals surface area contributed by atoms with Crippen molar-refractivity contribution in [2.24, 2.45) is 0 Å². The average molecular weight is 180 g/mol. The summed E-state index contributed by atoms with van der Waals surface area (Å²) < 4.78 is 0. The molecule has 0 aliphatic carbocycles. The fourth-order valence-electron chi connectivity index (χ4n) is 1.21. The highest BCUT2D eigenvalue weighted by Crippen LogP contribution is 2.10. The molecule has 0 fully saturated rings. The summed E-state index contributed by atoms with van der Waals surface area (Å²) in [6.07, 6.45) is 3.59. The summed E-state index contributed by atoms with van der Waals surface area (Å²) in [7, 11) is 0. The largest absolute Gasteiger partial charge is 0.395 e. The summed E-state index contributed by atoms with van der Waals surface area (Å²) in [6, 6.07) is 4.29. The van der Waals surface area contributed by atoms with E-state index in [1.165, 1.54) is 0 Å². The first-order valence-electron chi connectivity index (χ1n) is 4.51. The number of aliphatic hydroxyl groups excluding tert-OH is 1. The second kappa shape index (κ2) is 4.94. The fraction of sp³-hybridized carbons (Fsp3) is 0.500. The number of rotatable bonds is 4. The molecular weight excluding hydrogens is 164 g/mol. The van der Waals surface area contributed by atoms with E-state index in [0.29, 0.717) is 0 Å². The van der Waals surface area contributed by atoms with Crippen molar-refractivity contribution in [2.75, 3.05) is 6.61 Å². The van der Waals surface area contributed by atoms with Crippen molar-refractivity contribution >= 4 is 0 Å². The zero-order valence-electron chi connectivity index (χ0n) is 8.07. The third-order valence-corrected chi connectivity index (χ3v) is 1.99. The lowest BCUT2D eigenvalue weighted by Crippen LogP contribution is -2.31. The van der Waals surface area contributed by atoms with E-state index in [0.717, 1.165) is 5.56 Å². The molecule has 0 aliphatic rings. The molecule has 0 radical (unpaired) electrons. The van der Waals surface area contributed by atoms with Crippen molar-refractivity contribution in [1.29, 1.82) is 0 Å². The molecule has 2 atom stereocenters. The molecule has 3 nitrogen and oxygen atoms in total. The summed E-state index contributed by atoms with van der Waals surface area (Å²) in [4.78, 5) is 4.04. The van der Waals surface area contributed by atoms with E-state index < -0.39 is 0 Å². The molecular formula is C10H16N2O. The highest BCUT2D eigenvalue weighted by atomic mass is 16.3. The molecule has 2 unspecified atom stereocenters. The Morgan fingerprint density at radius 1 is 1.54 bits per heavy atom. The number of hydrogen-bond acceptors (Lipinski definition) is 3. The van der Waals surface area contributed by atoms with E-state index in [2.05, 4.69) is 17.2 Å². The van der Waals surface area contributed by atoms with E-state index in [1.54, 1.807) is 6.20 Å². The Bertz CT molecular complexity index is 238. The molecule has 72 valence electrons. The van der Waals surface area contributed by atoms with Crippen molar-refractivity contribution in [1.82, 2.24) is 10.3 Å². The van der Waals surface area contributed by atoms with Gasteiger partial charge in [-0.3, -0.25) is 4.98 Å². The van der Waals surface area contributed by atoms with Crippen LogP contribution >= 0.6 is 0 Å². The molecule has 3 heteroatoms. The summed E-state index contributed by atoms with van der Waals surface area (Å²) >= 11 is 0. The molecule has 0 bridgehead atoms. The summed E-state index contributed by atoms with van der Waals surface area (Å²) in [6.45, 7) is 4.17. The zero-order valence-corrected chi connectivity index (χ0v) is 8.07. The van der Waals surface area contributed by atoms with Crippen LogP contribution in [0.15, 0.2) is 24.5 Å². The first-order chi connectivity index (χ1) is 6.24. The van der Waals surface area contributed by atoms with Gasteiger partial charge in [0.25, 0.3) is 0 Å². The summed E-state index contributed by atoms with van der Waals surface area (Å²) in [5, 5.41) is 12.1. The van der Waals surface area contributed by atoms with Gasteiger partial charge in [0.15, 0.2) is 0 Å². The van der Waals surface area contributed by atoms with Crippen LogP contribution in [0.5, 0.6) is 0 Å². The van der Waals surface area contributed by atoms with Crippen LogP contribution < -0.4 is 5.32 Å². The molecule has 0 aliphatic heterocycles. The predicted octanol–water partition coefficient (Wildman–Crippen LogP) is 1.11. The standard InChI is InChI=1S/C10H16N2O/c1-8(7-13)12-9(2)10-4-3-5-11-6-10/h3-6,8-9,12-13H,7H2,1-2H3. The van der Waals surface area contributed by atoms with Gasteiger partial charge < -0.3 is 10.4 Å². The van der Waals surface area contributed by atoms with Crippen LogP contribution in [0.2, 0.25) is 0 Å². The second-order valence-corrected chi connectivity index (χ2v) is 3.26. The van der Waals surface area contributed by atoms with Gasteiger partial charge in [0.2, 0.25) is 0 Å². The first kappa shape index (κ1) is 10.2. The number of nitrogens with zero attached hydrogens (tertiary/aromatic N) is 1. The molecule has 1 aromatic heterocycles. The normalized spacial score (nSPS) is 15.3. The lowest BCUT2D eigenvalue weighted by molar-refractivity contribution is 0.243. The van der Waals surface area contributed by atoms with Gasteiger partial charge in [-0.1, -0.05) is 6.07 Å². The monoisotopic (exact) mass is 180 g/mol. The quantitative estimate of drug-likeness (QED) is 0.729. The van der Waals surface area contributed by atoms with Gasteiger partial charge in [-0.2, -0.15) is 0 Å². The van der Waals surface area contributed by atoms with Gasteiger partial charge in [0, 0.05) is 24.5 Å². The van der Waals surface area contributed by atoms with Gasteiger partial charge in [-0.15, -0.1) is 0 Å². The van der Waals surface area contributed by atoms with Crippen LogP contribution in [0.3, 0.4) is 0 Å². The maximum Gasteiger partial charge on any atom is 0.0582 e. The van der Waals surface area contributed by atoms with Crippen molar-refractivity contribution < 1.29 is 5.11 Å². The Kier molecular flexibility index (Phi) is 3.86. The lowest BCUT2D eigenvalue weighted by Gasteiger charge is -2.17. The molecule has 1 rings (SSSR count). The molecule has 0 saturated carbocycles. The van der Waals surface area contributed by atoms with Crippen LogP contribution in [-0.2, 0) is 0 Å². The number of pyridine rings is 1.